The summed E-state index contributed by atoms with van der Waals surface area (Å²) in [5.74, 6) is 1.64. The van der Waals surface area contributed by atoms with E-state index in [0.717, 1.165) is 44.4 Å². The number of rotatable bonds is 6. The van der Waals surface area contributed by atoms with Crippen molar-refractivity contribution < 1.29 is 9.53 Å². The molecule has 3 atom stereocenters. The van der Waals surface area contributed by atoms with E-state index in [0.29, 0.717) is 0 Å². The average molecular weight is 296 g/mol. The van der Waals surface area contributed by atoms with Crippen LogP contribution >= 0.6 is 0 Å². The molecular weight excluding hydrogens is 264 g/mol. The van der Waals surface area contributed by atoms with Crippen molar-refractivity contribution in [2.45, 2.75) is 57.9 Å². The number of fused-ring (bicyclic) bond motifs is 1. The number of nitrogens with zero attached hydrogens (tertiary/aromatic N) is 1. The number of methoxy groups -OCH3 is 1. The smallest absolute Gasteiger partial charge is 0.327 e. The molecule has 1 aliphatic heterocycles. The monoisotopic (exact) mass is 296 g/mol. The molecule has 2 aliphatic rings. The van der Waals surface area contributed by atoms with Crippen LogP contribution in [0.1, 0.15) is 52.4 Å². The Morgan fingerprint density at radius 2 is 2.00 bits per heavy atom. The van der Waals surface area contributed by atoms with Crippen LogP contribution in [0, 0.1) is 11.8 Å². The number of hydrogen-bond acceptors (Lipinski definition) is 4. The highest BCUT2D eigenvalue weighted by Crippen LogP contribution is 2.36. The van der Waals surface area contributed by atoms with E-state index >= 15 is 0 Å². The third-order valence-electron chi connectivity index (χ3n) is 5.32. The number of carbonyl (C=O) groups is 1. The average Bonchev–Trinajstić information content (AvgIpc) is 2.52. The van der Waals surface area contributed by atoms with E-state index in [-0.39, 0.29) is 5.97 Å². The van der Waals surface area contributed by atoms with E-state index in [1.807, 2.05) is 6.92 Å². The molecule has 0 amide bonds. The van der Waals surface area contributed by atoms with Gasteiger partial charge in [-0.25, -0.2) is 0 Å². The van der Waals surface area contributed by atoms with E-state index in [9.17, 15) is 4.79 Å². The zero-order chi connectivity index (χ0) is 15.3. The molecule has 2 fully saturated rings. The Kier molecular flexibility index (Phi) is 6.06. The Hall–Kier alpha value is -0.610. The molecule has 1 heterocycles. The highest BCUT2D eigenvalue weighted by atomic mass is 16.5. The third kappa shape index (κ3) is 4.19. The van der Waals surface area contributed by atoms with Crippen LogP contribution in [0.25, 0.3) is 0 Å². The molecule has 0 spiro atoms. The first-order valence-electron chi connectivity index (χ1n) is 8.65. The predicted octanol–water partition coefficient (Wildman–Crippen LogP) is 2.43. The van der Waals surface area contributed by atoms with Crippen LogP contribution in [0.4, 0.5) is 0 Å². The molecule has 21 heavy (non-hydrogen) atoms. The van der Waals surface area contributed by atoms with Crippen molar-refractivity contribution in [3.05, 3.63) is 0 Å². The van der Waals surface area contributed by atoms with E-state index in [1.165, 1.54) is 39.2 Å². The fraction of sp³-hybridized carbons (Fsp3) is 0.941. The Bertz CT molecular complexity index is 348. The normalized spacial score (nSPS) is 29.5. The minimum Gasteiger partial charge on any atom is -0.468 e. The van der Waals surface area contributed by atoms with Crippen LogP contribution in [-0.2, 0) is 9.53 Å². The minimum absolute atomic E-state index is 0.137. The van der Waals surface area contributed by atoms with Gasteiger partial charge in [0.2, 0.25) is 0 Å². The van der Waals surface area contributed by atoms with Crippen molar-refractivity contribution in [2.75, 3.05) is 33.3 Å². The number of likely N-dealkylation sites (tertiary alicyclic amines) is 1. The lowest BCUT2D eigenvalue weighted by atomic mass is 9.75. The van der Waals surface area contributed by atoms with E-state index in [2.05, 4.69) is 17.1 Å². The van der Waals surface area contributed by atoms with Gasteiger partial charge in [0, 0.05) is 13.1 Å². The van der Waals surface area contributed by atoms with Gasteiger partial charge >= 0.3 is 5.97 Å². The van der Waals surface area contributed by atoms with Crippen LogP contribution in [0.2, 0.25) is 0 Å². The zero-order valence-electron chi connectivity index (χ0n) is 14.0. The Morgan fingerprint density at radius 1 is 1.29 bits per heavy atom. The molecule has 0 bridgehead atoms. The lowest BCUT2D eigenvalue weighted by Crippen LogP contribution is -2.59. The summed E-state index contributed by atoms with van der Waals surface area (Å²) in [4.78, 5) is 14.7. The van der Waals surface area contributed by atoms with Gasteiger partial charge in [0.25, 0.3) is 0 Å². The number of esters is 1. The van der Waals surface area contributed by atoms with Gasteiger partial charge in [-0.3, -0.25) is 4.79 Å². The van der Waals surface area contributed by atoms with Gasteiger partial charge in [-0.1, -0.05) is 26.2 Å². The summed E-state index contributed by atoms with van der Waals surface area (Å²) in [6.07, 6.45) is 7.92. The summed E-state index contributed by atoms with van der Waals surface area (Å²) in [6.45, 7) is 8.01. The van der Waals surface area contributed by atoms with Crippen molar-refractivity contribution in [2.24, 2.45) is 11.8 Å². The summed E-state index contributed by atoms with van der Waals surface area (Å²) >= 11 is 0. The predicted molar refractivity (Wildman–Crippen MR) is 85.2 cm³/mol. The molecule has 1 N–H and O–H groups in total. The molecule has 1 saturated heterocycles. The van der Waals surface area contributed by atoms with Crippen LogP contribution in [-0.4, -0.2) is 49.7 Å². The second kappa shape index (κ2) is 7.59. The fourth-order valence-corrected chi connectivity index (χ4v) is 4.09. The highest BCUT2D eigenvalue weighted by Gasteiger charge is 2.38. The second-order valence-electron chi connectivity index (χ2n) is 7.08. The molecule has 122 valence electrons. The van der Waals surface area contributed by atoms with Gasteiger partial charge in [-0.05, 0) is 51.1 Å². The summed E-state index contributed by atoms with van der Waals surface area (Å²) in [6, 6.07) is 0. The topological polar surface area (TPSA) is 41.6 Å². The number of nitrogens with one attached hydrogen (secondary N) is 1. The maximum atomic E-state index is 12.2. The number of hydrogen-bond donors (Lipinski definition) is 1. The number of ether oxygens (including phenoxy) is 1. The van der Waals surface area contributed by atoms with Crippen LogP contribution in [0.3, 0.4) is 0 Å². The lowest BCUT2D eigenvalue weighted by molar-refractivity contribution is -0.149. The standard InChI is InChI=1S/C17H32N2O2/c1-4-10-18-17(2,16(20)21-3)13-19-11-9-14-7-5-6-8-15(14)12-19/h14-15,18H,4-13H2,1-3H3. The van der Waals surface area contributed by atoms with Crippen molar-refractivity contribution in [1.82, 2.24) is 10.2 Å². The Morgan fingerprint density at radius 3 is 2.67 bits per heavy atom. The highest BCUT2D eigenvalue weighted by molar-refractivity contribution is 5.80. The third-order valence-corrected chi connectivity index (χ3v) is 5.32. The molecule has 1 aliphatic carbocycles. The SMILES string of the molecule is CCCNC(C)(CN1CCC2CCCCC2C1)C(=O)OC. The van der Waals surface area contributed by atoms with E-state index < -0.39 is 5.54 Å². The van der Waals surface area contributed by atoms with Gasteiger partial charge in [0.1, 0.15) is 5.54 Å². The summed E-state index contributed by atoms with van der Waals surface area (Å²) in [5.41, 5.74) is -0.577. The molecule has 0 aromatic rings. The Balaban J connectivity index is 1.94. The summed E-state index contributed by atoms with van der Waals surface area (Å²) < 4.78 is 5.03. The van der Waals surface area contributed by atoms with Crippen molar-refractivity contribution >= 4 is 5.97 Å². The second-order valence-corrected chi connectivity index (χ2v) is 7.08. The molecule has 0 aromatic carbocycles. The van der Waals surface area contributed by atoms with Gasteiger partial charge in [0.05, 0.1) is 7.11 Å². The first-order chi connectivity index (χ1) is 10.1. The van der Waals surface area contributed by atoms with Crippen LogP contribution in [0.5, 0.6) is 0 Å². The van der Waals surface area contributed by atoms with E-state index in [4.69, 9.17) is 4.74 Å². The molecular formula is C17H32N2O2. The minimum atomic E-state index is -0.577. The zero-order valence-corrected chi connectivity index (χ0v) is 14.0. The van der Waals surface area contributed by atoms with Gasteiger partial charge in [-0.15, -0.1) is 0 Å². The van der Waals surface area contributed by atoms with Gasteiger partial charge < -0.3 is 15.0 Å². The molecule has 0 aromatic heterocycles. The quantitative estimate of drug-likeness (QED) is 0.764. The molecule has 2 rings (SSSR count). The fourth-order valence-electron chi connectivity index (χ4n) is 4.09. The van der Waals surface area contributed by atoms with Gasteiger partial charge in [-0.2, -0.15) is 0 Å². The molecule has 0 radical (unpaired) electrons. The first kappa shape index (κ1) is 16.8. The maximum absolute atomic E-state index is 12.2. The van der Waals surface area contributed by atoms with Crippen molar-refractivity contribution in [3.8, 4) is 0 Å². The van der Waals surface area contributed by atoms with Gasteiger partial charge in [0.15, 0.2) is 0 Å². The summed E-state index contributed by atoms with van der Waals surface area (Å²) in [5, 5.41) is 3.40. The number of carbonyl (C=O) groups excluding carboxylic acids is 1. The first-order valence-corrected chi connectivity index (χ1v) is 8.65. The van der Waals surface area contributed by atoms with E-state index in [1.54, 1.807) is 0 Å². The van der Waals surface area contributed by atoms with Crippen LogP contribution < -0.4 is 5.32 Å². The van der Waals surface area contributed by atoms with Crippen molar-refractivity contribution in [3.63, 3.8) is 0 Å². The molecule has 4 heteroatoms. The molecule has 4 nitrogen and oxygen atoms in total. The maximum Gasteiger partial charge on any atom is 0.327 e. The molecule has 3 unspecified atom stereocenters. The number of piperidine rings is 1. The van der Waals surface area contributed by atoms with Crippen molar-refractivity contribution in [1.29, 1.82) is 0 Å². The molecule has 1 saturated carbocycles. The Labute approximate surface area is 129 Å². The lowest BCUT2D eigenvalue weighted by Gasteiger charge is -2.44. The largest absolute Gasteiger partial charge is 0.468 e. The van der Waals surface area contributed by atoms with Crippen LogP contribution in [0.15, 0.2) is 0 Å². The summed E-state index contributed by atoms with van der Waals surface area (Å²) in [7, 11) is 1.49.